The second kappa shape index (κ2) is 7.77. The van der Waals surface area contributed by atoms with Crippen LogP contribution in [0.2, 0.25) is 0 Å². The number of hydrogen-bond donors (Lipinski definition) is 0. The van der Waals surface area contributed by atoms with Crippen molar-refractivity contribution in [3.8, 4) is 0 Å². The van der Waals surface area contributed by atoms with Gasteiger partial charge in [-0.15, -0.1) is 6.58 Å². The van der Waals surface area contributed by atoms with Crippen molar-refractivity contribution in [2.24, 2.45) is 10.6 Å². The molecule has 0 saturated heterocycles. The van der Waals surface area contributed by atoms with Crippen LogP contribution in [-0.4, -0.2) is 31.9 Å². The lowest BCUT2D eigenvalue weighted by Gasteiger charge is -2.14. The molecule has 6 heteroatoms. The van der Waals surface area contributed by atoms with Gasteiger partial charge in [-0.2, -0.15) is 0 Å². The number of allylic oxidation sites excluding steroid dienone is 1. The van der Waals surface area contributed by atoms with Crippen LogP contribution in [0.25, 0.3) is 0 Å². The molecule has 0 unspecified atom stereocenters. The summed E-state index contributed by atoms with van der Waals surface area (Å²) in [5.41, 5.74) is 0.774. The topological polar surface area (TPSA) is 74.2 Å². The Bertz CT molecular complexity index is 661. The van der Waals surface area contributed by atoms with Crippen LogP contribution in [0.15, 0.2) is 42.1 Å². The summed E-state index contributed by atoms with van der Waals surface area (Å²) in [5.74, 6) is -0.860. The first-order valence-corrected chi connectivity index (χ1v) is 7.64. The van der Waals surface area contributed by atoms with Gasteiger partial charge in [-0.1, -0.05) is 35.5 Å². The molecule has 6 nitrogen and oxygen atoms in total. The maximum absolute atomic E-state index is 12.3. The normalized spacial score (nSPS) is 15.3. The number of carbonyl (C=O) groups excluding carboxylic acids is 2. The van der Waals surface area contributed by atoms with Gasteiger partial charge in [0.05, 0.1) is 12.5 Å². The van der Waals surface area contributed by atoms with Gasteiger partial charge in [-0.25, -0.2) is 4.79 Å². The Kier molecular flexibility index (Phi) is 5.73. The molecule has 0 amide bonds. The van der Waals surface area contributed by atoms with Gasteiger partial charge in [0, 0.05) is 5.56 Å². The lowest BCUT2D eigenvalue weighted by atomic mass is 10.0. The van der Waals surface area contributed by atoms with E-state index in [1.54, 1.807) is 30.3 Å². The van der Waals surface area contributed by atoms with Gasteiger partial charge >= 0.3 is 11.9 Å². The van der Waals surface area contributed by atoms with Crippen molar-refractivity contribution >= 4 is 17.7 Å². The van der Waals surface area contributed by atoms with Gasteiger partial charge in [0.15, 0.2) is 5.71 Å². The first-order chi connectivity index (χ1) is 11.6. The van der Waals surface area contributed by atoms with Crippen LogP contribution in [-0.2, 0) is 30.5 Å². The van der Waals surface area contributed by atoms with Crippen molar-refractivity contribution in [2.45, 2.75) is 25.9 Å². The Balaban J connectivity index is 2.17. The summed E-state index contributed by atoms with van der Waals surface area (Å²) in [5, 5.41) is 3.73. The summed E-state index contributed by atoms with van der Waals surface area (Å²) in [6.45, 7) is 3.73. The van der Waals surface area contributed by atoms with Gasteiger partial charge in [0.1, 0.15) is 13.7 Å². The van der Waals surface area contributed by atoms with E-state index in [-0.39, 0.29) is 18.3 Å². The Hall–Kier alpha value is -2.63. The molecule has 1 fully saturated rings. The predicted molar refractivity (Wildman–Crippen MR) is 88.3 cm³/mol. The fourth-order valence-corrected chi connectivity index (χ4v) is 2.48. The maximum atomic E-state index is 12.3. The zero-order valence-corrected chi connectivity index (χ0v) is 13.9. The summed E-state index contributed by atoms with van der Waals surface area (Å²) >= 11 is 0. The van der Waals surface area contributed by atoms with Crippen LogP contribution in [0.3, 0.4) is 0 Å². The van der Waals surface area contributed by atoms with E-state index in [0.29, 0.717) is 17.5 Å². The molecule has 24 heavy (non-hydrogen) atoms. The highest BCUT2D eigenvalue weighted by Gasteiger charge is 2.50. The monoisotopic (exact) mass is 331 g/mol. The summed E-state index contributed by atoms with van der Waals surface area (Å²) in [6.07, 6.45) is 3.99. The van der Waals surface area contributed by atoms with E-state index >= 15 is 0 Å². The third kappa shape index (κ3) is 3.82. The standard InChI is InChI=1S/C18H21NO5/c1-4-9-18(10-11-18)17(21)24-12-13-7-5-6-8-14(13)15(19-23-3)16(20)22-2/h4-8H,1,9-12H2,2-3H3. The average Bonchev–Trinajstić information content (AvgIpc) is 3.38. The number of ether oxygens (including phenoxy) is 2. The Morgan fingerprint density at radius 2 is 2.00 bits per heavy atom. The first kappa shape index (κ1) is 17.7. The molecular weight excluding hydrogens is 310 g/mol. The molecule has 0 spiro atoms. The number of benzene rings is 1. The molecule has 1 aromatic carbocycles. The molecule has 0 aromatic heterocycles. The number of rotatable bonds is 8. The smallest absolute Gasteiger partial charge is 0.360 e. The van der Waals surface area contributed by atoms with Crippen LogP contribution in [0, 0.1) is 5.41 Å². The summed E-state index contributed by atoms with van der Waals surface area (Å²) < 4.78 is 10.2. The van der Waals surface area contributed by atoms with Gasteiger partial charge in [-0.05, 0) is 24.8 Å². The minimum atomic E-state index is -0.624. The second-order valence-corrected chi connectivity index (χ2v) is 5.62. The Morgan fingerprint density at radius 1 is 1.29 bits per heavy atom. The summed E-state index contributed by atoms with van der Waals surface area (Å²) in [4.78, 5) is 28.9. The number of carbonyl (C=O) groups is 2. The minimum Gasteiger partial charge on any atom is -0.464 e. The van der Waals surface area contributed by atoms with Crippen molar-refractivity contribution in [3.63, 3.8) is 0 Å². The zero-order valence-electron chi connectivity index (χ0n) is 13.9. The fraction of sp³-hybridized carbons (Fsp3) is 0.389. The molecule has 0 heterocycles. The molecule has 0 aliphatic heterocycles. The van der Waals surface area contributed by atoms with Crippen molar-refractivity contribution in [1.82, 2.24) is 0 Å². The van der Waals surface area contributed by atoms with Gasteiger partial charge < -0.3 is 14.3 Å². The van der Waals surface area contributed by atoms with Crippen LogP contribution < -0.4 is 0 Å². The third-order valence-electron chi connectivity index (χ3n) is 4.01. The highest BCUT2D eigenvalue weighted by Crippen LogP contribution is 2.50. The summed E-state index contributed by atoms with van der Waals surface area (Å²) in [6, 6.07) is 7.03. The lowest BCUT2D eigenvalue weighted by molar-refractivity contribution is -0.151. The molecule has 2 rings (SSSR count). The zero-order chi connectivity index (χ0) is 17.6. The first-order valence-electron chi connectivity index (χ1n) is 7.64. The molecule has 128 valence electrons. The van der Waals surface area contributed by atoms with Crippen molar-refractivity contribution in [2.75, 3.05) is 14.2 Å². The number of esters is 2. The molecule has 1 saturated carbocycles. The van der Waals surface area contributed by atoms with E-state index in [2.05, 4.69) is 11.7 Å². The van der Waals surface area contributed by atoms with E-state index in [4.69, 9.17) is 14.3 Å². The SMILES string of the molecule is C=CCC1(C(=O)OCc2ccccc2C(=NOC)C(=O)OC)CC1. The molecule has 0 bridgehead atoms. The van der Waals surface area contributed by atoms with E-state index in [1.807, 2.05) is 0 Å². The van der Waals surface area contributed by atoms with Crippen LogP contribution in [0.5, 0.6) is 0 Å². The number of hydrogen-bond acceptors (Lipinski definition) is 6. The van der Waals surface area contributed by atoms with Crippen molar-refractivity contribution < 1.29 is 23.9 Å². The lowest BCUT2D eigenvalue weighted by Crippen LogP contribution is -2.21. The van der Waals surface area contributed by atoms with Crippen LogP contribution >= 0.6 is 0 Å². The average molecular weight is 331 g/mol. The van der Waals surface area contributed by atoms with E-state index in [0.717, 1.165) is 12.8 Å². The summed E-state index contributed by atoms with van der Waals surface area (Å²) in [7, 11) is 2.61. The molecular formula is C18H21NO5. The van der Waals surface area contributed by atoms with Crippen LogP contribution in [0.1, 0.15) is 30.4 Å². The molecule has 0 N–H and O–H groups in total. The van der Waals surface area contributed by atoms with Crippen molar-refractivity contribution in [3.05, 3.63) is 48.0 Å². The van der Waals surface area contributed by atoms with Gasteiger partial charge in [-0.3, -0.25) is 4.79 Å². The second-order valence-electron chi connectivity index (χ2n) is 5.62. The molecule has 1 aliphatic rings. The molecule has 0 atom stereocenters. The number of oxime groups is 1. The Morgan fingerprint density at radius 3 is 2.58 bits per heavy atom. The van der Waals surface area contributed by atoms with Gasteiger partial charge in [0.2, 0.25) is 0 Å². The van der Waals surface area contributed by atoms with E-state index < -0.39 is 11.4 Å². The quantitative estimate of drug-likeness (QED) is 0.317. The highest BCUT2D eigenvalue weighted by atomic mass is 16.6. The third-order valence-corrected chi connectivity index (χ3v) is 4.01. The maximum Gasteiger partial charge on any atom is 0.360 e. The van der Waals surface area contributed by atoms with E-state index in [1.165, 1.54) is 14.2 Å². The highest BCUT2D eigenvalue weighted by molar-refractivity contribution is 6.43. The van der Waals surface area contributed by atoms with Gasteiger partial charge in [0.25, 0.3) is 0 Å². The Labute approximate surface area is 141 Å². The van der Waals surface area contributed by atoms with Crippen LogP contribution in [0.4, 0.5) is 0 Å². The molecule has 1 aliphatic carbocycles. The largest absolute Gasteiger partial charge is 0.464 e. The van der Waals surface area contributed by atoms with E-state index in [9.17, 15) is 9.59 Å². The number of methoxy groups -OCH3 is 1. The number of nitrogens with zero attached hydrogens (tertiary/aromatic N) is 1. The fourth-order valence-electron chi connectivity index (χ4n) is 2.48. The molecule has 0 radical (unpaired) electrons. The molecule has 1 aromatic rings. The predicted octanol–water partition coefficient (Wildman–Crippen LogP) is 2.61. The van der Waals surface area contributed by atoms with Crippen molar-refractivity contribution in [1.29, 1.82) is 0 Å². The minimum absolute atomic E-state index is 0.0267.